The van der Waals surface area contributed by atoms with Gasteiger partial charge in [-0.3, -0.25) is 4.79 Å². The van der Waals surface area contributed by atoms with Gasteiger partial charge < -0.3 is 15.8 Å². The van der Waals surface area contributed by atoms with Crippen LogP contribution in [-0.2, 0) is 11.2 Å². The molecule has 0 bridgehead atoms. The van der Waals surface area contributed by atoms with Gasteiger partial charge in [0.25, 0.3) is 5.91 Å². The Labute approximate surface area is 118 Å². The van der Waals surface area contributed by atoms with Crippen LogP contribution in [0.15, 0.2) is 18.2 Å². The number of hydrogen-bond donors (Lipinski definition) is 2. The maximum atomic E-state index is 11.5. The van der Waals surface area contributed by atoms with Gasteiger partial charge in [-0.15, -0.1) is 0 Å². The Morgan fingerprint density at radius 1 is 1.55 bits per heavy atom. The summed E-state index contributed by atoms with van der Waals surface area (Å²) in [7, 11) is 0. The van der Waals surface area contributed by atoms with Gasteiger partial charge in [-0.2, -0.15) is 5.26 Å². The van der Waals surface area contributed by atoms with Crippen LogP contribution in [0.4, 0.5) is 0 Å². The summed E-state index contributed by atoms with van der Waals surface area (Å²) in [5, 5.41) is 11.0. The third-order valence-electron chi connectivity index (χ3n) is 3.40. The number of hydrogen-bond acceptors (Lipinski definition) is 4. The molecule has 1 aromatic carbocycles. The lowest BCUT2D eigenvalue weighted by Crippen LogP contribution is -2.29. The number of ether oxygens (including phenoxy) is 1. The minimum atomic E-state index is -0.213. The molecule has 0 aromatic heterocycles. The number of fused-ring (bicyclic) bond motifs is 1. The first kappa shape index (κ1) is 14.4. The van der Waals surface area contributed by atoms with Gasteiger partial charge in [0, 0.05) is 12.6 Å². The molecule has 1 aliphatic carbocycles. The third-order valence-corrected chi connectivity index (χ3v) is 3.40. The van der Waals surface area contributed by atoms with Gasteiger partial charge in [-0.1, -0.05) is 6.07 Å². The molecular weight excluding hydrogens is 254 g/mol. The minimum absolute atomic E-state index is 0.0315. The molecule has 1 amide bonds. The molecule has 0 aliphatic heterocycles. The summed E-state index contributed by atoms with van der Waals surface area (Å²) >= 11 is 0. The van der Waals surface area contributed by atoms with Crippen LogP contribution in [0, 0.1) is 11.3 Å². The smallest absolute Gasteiger partial charge is 0.257 e. The number of nitrogens with zero attached hydrogens (tertiary/aromatic N) is 1. The van der Waals surface area contributed by atoms with Crippen LogP contribution in [0.3, 0.4) is 0 Å². The van der Waals surface area contributed by atoms with Crippen molar-refractivity contribution >= 4 is 5.91 Å². The number of nitrogens with two attached hydrogens (primary N) is 1. The van der Waals surface area contributed by atoms with E-state index in [1.807, 2.05) is 24.3 Å². The van der Waals surface area contributed by atoms with E-state index in [9.17, 15) is 4.79 Å². The van der Waals surface area contributed by atoms with Crippen molar-refractivity contribution < 1.29 is 9.53 Å². The lowest BCUT2D eigenvalue weighted by molar-refractivity contribution is -0.123. The fourth-order valence-electron chi connectivity index (χ4n) is 2.38. The van der Waals surface area contributed by atoms with Crippen molar-refractivity contribution in [3.63, 3.8) is 0 Å². The Hall–Kier alpha value is -2.06. The zero-order valence-corrected chi connectivity index (χ0v) is 11.4. The van der Waals surface area contributed by atoms with Crippen LogP contribution in [0.1, 0.15) is 36.4 Å². The van der Waals surface area contributed by atoms with Crippen molar-refractivity contribution in [3.05, 3.63) is 29.3 Å². The van der Waals surface area contributed by atoms with Gasteiger partial charge in [0.2, 0.25) is 0 Å². The highest BCUT2D eigenvalue weighted by Gasteiger charge is 2.17. The molecule has 0 saturated carbocycles. The molecule has 106 valence electrons. The molecule has 1 aromatic rings. The summed E-state index contributed by atoms with van der Waals surface area (Å²) in [6, 6.07) is 7.89. The Morgan fingerprint density at radius 2 is 2.40 bits per heavy atom. The van der Waals surface area contributed by atoms with E-state index in [1.54, 1.807) is 0 Å². The minimum Gasteiger partial charge on any atom is -0.484 e. The van der Waals surface area contributed by atoms with Crippen LogP contribution in [0.25, 0.3) is 0 Å². The van der Waals surface area contributed by atoms with Gasteiger partial charge in [0.05, 0.1) is 12.5 Å². The predicted molar refractivity (Wildman–Crippen MR) is 75.0 cm³/mol. The standard InChI is InChI=1S/C15H19N3O2/c16-7-2-8-18-15(19)10-20-12-5-6-13-11(9-12)3-1-4-14(13)17/h5-6,9,14H,1-4,8,10,17H2,(H,18,19). The highest BCUT2D eigenvalue weighted by molar-refractivity contribution is 5.77. The first-order chi connectivity index (χ1) is 9.70. The van der Waals surface area contributed by atoms with Crippen molar-refractivity contribution in [3.8, 4) is 11.8 Å². The first-order valence-corrected chi connectivity index (χ1v) is 6.85. The van der Waals surface area contributed by atoms with Gasteiger partial charge in [0.1, 0.15) is 5.75 Å². The number of benzene rings is 1. The summed E-state index contributed by atoms with van der Waals surface area (Å²) in [6.45, 7) is 0.327. The third kappa shape index (κ3) is 3.72. The average Bonchev–Trinajstić information content (AvgIpc) is 2.45. The monoisotopic (exact) mass is 273 g/mol. The number of nitrogens with one attached hydrogen (secondary N) is 1. The van der Waals surface area contributed by atoms with E-state index in [2.05, 4.69) is 5.32 Å². The molecule has 20 heavy (non-hydrogen) atoms. The molecule has 0 saturated heterocycles. The molecule has 5 nitrogen and oxygen atoms in total. The Kier molecular flexibility index (Phi) is 4.97. The van der Waals surface area contributed by atoms with Crippen molar-refractivity contribution in [2.24, 2.45) is 5.73 Å². The molecule has 0 heterocycles. The van der Waals surface area contributed by atoms with E-state index < -0.39 is 0 Å². The second-order valence-corrected chi connectivity index (χ2v) is 4.91. The Morgan fingerprint density at radius 3 is 3.20 bits per heavy atom. The van der Waals surface area contributed by atoms with Crippen molar-refractivity contribution in [2.75, 3.05) is 13.2 Å². The predicted octanol–water partition coefficient (Wildman–Crippen LogP) is 1.43. The van der Waals surface area contributed by atoms with E-state index in [0.29, 0.717) is 18.7 Å². The first-order valence-electron chi connectivity index (χ1n) is 6.85. The second kappa shape index (κ2) is 6.92. The van der Waals surface area contributed by atoms with Gasteiger partial charge >= 0.3 is 0 Å². The van der Waals surface area contributed by atoms with Crippen molar-refractivity contribution in [1.29, 1.82) is 5.26 Å². The second-order valence-electron chi connectivity index (χ2n) is 4.91. The SMILES string of the molecule is N#CCCNC(=O)COc1ccc2c(c1)CCCC2N. The van der Waals surface area contributed by atoms with Crippen molar-refractivity contribution in [1.82, 2.24) is 5.32 Å². The zero-order chi connectivity index (χ0) is 14.4. The van der Waals surface area contributed by atoms with E-state index in [-0.39, 0.29) is 18.6 Å². The molecule has 0 spiro atoms. The van der Waals surface area contributed by atoms with Gasteiger partial charge in [-0.25, -0.2) is 0 Å². The highest BCUT2D eigenvalue weighted by Crippen LogP contribution is 2.30. The van der Waals surface area contributed by atoms with E-state index in [4.69, 9.17) is 15.7 Å². The number of amides is 1. The number of nitriles is 1. The molecule has 5 heteroatoms. The molecule has 3 N–H and O–H groups in total. The van der Waals surface area contributed by atoms with Crippen LogP contribution >= 0.6 is 0 Å². The van der Waals surface area contributed by atoms with Crippen LogP contribution in [0.2, 0.25) is 0 Å². The topological polar surface area (TPSA) is 88.1 Å². The molecule has 0 fully saturated rings. The largest absolute Gasteiger partial charge is 0.484 e. The maximum absolute atomic E-state index is 11.5. The number of rotatable bonds is 5. The lowest BCUT2D eigenvalue weighted by Gasteiger charge is -2.22. The average molecular weight is 273 g/mol. The van der Waals surface area contributed by atoms with Crippen molar-refractivity contribution in [2.45, 2.75) is 31.7 Å². The van der Waals surface area contributed by atoms with Gasteiger partial charge in [0.15, 0.2) is 6.61 Å². The molecule has 2 rings (SSSR count). The fraction of sp³-hybridized carbons (Fsp3) is 0.467. The number of aryl methyl sites for hydroxylation is 1. The summed E-state index contributed by atoms with van der Waals surface area (Å²) < 4.78 is 5.46. The summed E-state index contributed by atoms with van der Waals surface area (Å²) in [4.78, 5) is 11.5. The quantitative estimate of drug-likeness (QED) is 0.794. The number of carbonyl (C=O) groups is 1. The lowest BCUT2D eigenvalue weighted by atomic mass is 9.88. The molecule has 1 atom stereocenters. The molecule has 0 radical (unpaired) electrons. The fourth-order valence-corrected chi connectivity index (χ4v) is 2.38. The van der Waals surface area contributed by atoms with Gasteiger partial charge in [-0.05, 0) is 42.5 Å². The maximum Gasteiger partial charge on any atom is 0.257 e. The molecule has 1 unspecified atom stereocenters. The Balaban J connectivity index is 1.88. The molecule has 1 aliphatic rings. The molecular formula is C15H19N3O2. The number of carbonyl (C=O) groups excluding carboxylic acids is 1. The van der Waals surface area contributed by atoms with Crippen LogP contribution in [0.5, 0.6) is 5.75 Å². The summed E-state index contributed by atoms with van der Waals surface area (Å²) in [5.41, 5.74) is 8.45. The van der Waals surface area contributed by atoms with Crippen LogP contribution in [-0.4, -0.2) is 19.1 Å². The summed E-state index contributed by atoms with van der Waals surface area (Å²) in [5.74, 6) is 0.475. The summed E-state index contributed by atoms with van der Waals surface area (Å²) in [6.07, 6.45) is 3.43. The Bertz CT molecular complexity index is 522. The van der Waals surface area contributed by atoms with E-state index >= 15 is 0 Å². The highest BCUT2D eigenvalue weighted by atomic mass is 16.5. The normalized spacial score (nSPS) is 16.9. The van der Waals surface area contributed by atoms with E-state index in [0.717, 1.165) is 19.3 Å². The van der Waals surface area contributed by atoms with E-state index in [1.165, 1.54) is 11.1 Å². The van der Waals surface area contributed by atoms with Crippen LogP contribution < -0.4 is 15.8 Å². The zero-order valence-electron chi connectivity index (χ0n) is 11.4.